The molecule has 5 unspecified atom stereocenters. The molecule has 5 atom stereocenters. The summed E-state index contributed by atoms with van der Waals surface area (Å²) in [6.45, 7) is 9.69. The van der Waals surface area contributed by atoms with Gasteiger partial charge < -0.3 is 44.3 Å². The molecule has 0 aromatic heterocycles. The van der Waals surface area contributed by atoms with Gasteiger partial charge in [0.2, 0.25) is 6.41 Å². The molecule has 2 aromatic rings. The number of esters is 4. The van der Waals surface area contributed by atoms with Gasteiger partial charge in [0.05, 0.1) is 17.2 Å². The summed E-state index contributed by atoms with van der Waals surface area (Å²) in [4.78, 5) is 75.9. The van der Waals surface area contributed by atoms with Crippen LogP contribution in [0.5, 0.6) is 11.5 Å². The minimum atomic E-state index is -1.42. The summed E-state index contributed by atoms with van der Waals surface area (Å²) in [7, 11) is 3.83. The van der Waals surface area contributed by atoms with E-state index < -0.39 is 59.8 Å². The monoisotopic (exact) mass is 827 g/mol. The largest absolute Gasteiger partial charge is 0.505 e. The lowest BCUT2D eigenvalue weighted by Gasteiger charge is -2.29. The molecule has 312 valence electrons. The van der Waals surface area contributed by atoms with Crippen molar-refractivity contribution in [2.24, 2.45) is 11.8 Å². The third kappa shape index (κ3) is 17.0. The lowest BCUT2D eigenvalue weighted by atomic mass is 9.92. The molecule has 1 fully saturated rings. The molecule has 1 heterocycles. The van der Waals surface area contributed by atoms with Gasteiger partial charge in [-0.3, -0.25) is 19.2 Å². The number of unbranched alkanes of at least 4 members (excludes halogenated alkanes) is 2. The number of benzene rings is 2. The van der Waals surface area contributed by atoms with E-state index in [2.05, 4.69) is 10.6 Å². The highest BCUT2D eigenvalue weighted by atomic mass is 35.5. The topological polar surface area (TPSA) is 196 Å². The average Bonchev–Trinajstić information content (AvgIpc) is 3.14. The van der Waals surface area contributed by atoms with Gasteiger partial charge in [0, 0.05) is 18.0 Å². The normalized spacial score (nSPS) is 19.3. The standard InChI is InChI=1S/C27H38N2O9.C12H16ClNO3.ClH/c1-6-7-8-10-19-24(38-21(31)13-15(2)3)17(5)37-27(35)22(16(4)36-26(19)34)29-25(33)18-11-9-12-20(23(18)32)28-14-30;1-14(2)7-8-16-12(15)9-17-11-5-3-10(13)4-6-11;/h9,11-12,14-17,19,22,24,32H,6-8,10,13H2,1-5H3,(H,28,30)(H,29,33);3-6H,7-9H2,1-2H3;1H. The molecule has 3 N–H and O–H groups in total. The smallest absolute Gasteiger partial charge is 0.344 e. The number of ether oxygens (including phenoxy) is 5. The van der Waals surface area contributed by atoms with Crippen molar-refractivity contribution in [3.05, 3.63) is 53.1 Å². The number of halogens is 2. The molecular weight excluding hydrogens is 773 g/mol. The zero-order valence-electron chi connectivity index (χ0n) is 32.9. The Bertz CT molecular complexity index is 1570. The lowest BCUT2D eigenvalue weighted by Crippen LogP contribution is -2.50. The summed E-state index contributed by atoms with van der Waals surface area (Å²) in [6, 6.07) is 9.52. The van der Waals surface area contributed by atoms with E-state index in [1.807, 2.05) is 39.8 Å². The van der Waals surface area contributed by atoms with Crippen LogP contribution in [0.1, 0.15) is 77.1 Å². The molecule has 0 aliphatic carbocycles. The summed E-state index contributed by atoms with van der Waals surface area (Å²) in [5.41, 5.74) is -0.215. The van der Waals surface area contributed by atoms with Crippen molar-refractivity contribution in [1.82, 2.24) is 10.2 Å². The first-order chi connectivity index (χ1) is 26.1. The number of phenolic OH excluding ortho intramolecular Hbond substituents is 1. The van der Waals surface area contributed by atoms with Gasteiger partial charge in [-0.2, -0.15) is 0 Å². The number of nitrogens with zero attached hydrogens (tertiary/aromatic N) is 1. The minimum Gasteiger partial charge on any atom is -0.505 e. The van der Waals surface area contributed by atoms with E-state index in [1.54, 1.807) is 24.3 Å². The van der Waals surface area contributed by atoms with Crippen molar-refractivity contribution >= 4 is 65.9 Å². The molecular formula is C39H55Cl2N3O12. The van der Waals surface area contributed by atoms with Gasteiger partial charge in [-0.15, -0.1) is 12.4 Å². The van der Waals surface area contributed by atoms with Gasteiger partial charge in [0.15, 0.2) is 24.5 Å². The zero-order valence-corrected chi connectivity index (χ0v) is 34.5. The van der Waals surface area contributed by atoms with E-state index in [-0.39, 0.29) is 48.6 Å². The number of amides is 2. The molecule has 1 aliphatic rings. The van der Waals surface area contributed by atoms with Crippen LogP contribution in [0.15, 0.2) is 42.5 Å². The van der Waals surface area contributed by atoms with Crippen LogP contribution in [-0.2, 0) is 42.9 Å². The van der Waals surface area contributed by atoms with Crippen LogP contribution >= 0.6 is 24.0 Å². The van der Waals surface area contributed by atoms with Gasteiger partial charge in [-0.1, -0.05) is 57.7 Å². The SMILES string of the molecule is CCCCCC1C(=O)OC(C)C(NC(=O)c2cccc(NC=O)c2O)C(=O)OC(C)C1OC(=O)CC(C)C.CN(C)CCOC(=O)COc1ccc(Cl)cc1.Cl. The zero-order chi connectivity index (χ0) is 41.1. The molecule has 2 aromatic carbocycles. The molecule has 0 bridgehead atoms. The molecule has 0 spiro atoms. The Morgan fingerprint density at radius 2 is 1.64 bits per heavy atom. The number of anilines is 1. The number of hydrogen-bond acceptors (Lipinski definition) is 13. The molecule has 3 rings (SSSR count). The van der Waals surface area contributed by atoms with Crippen molar-refractivity contribution in [3.8, 4) is 11.5 Å². The number of para-hydroxylation sites is 1. The first-order valence-electron chi connectivity index (χ1n) is 18.2. The molecule has 15 nitrogen and oxygen atoms in total. The number of hydrogen-bond donors (Lipinski definition) is 3. The Labute approximate surface area is 339 Å². The minimum absolute atomic E-state index is 0. The van der Waals surface area contributed by atoms with Crippen LogP contribution in [0, 0.1) is 11.8 Å². The van der Waals surface area contributed by atoms with E-state index in [9.17, 15) is 33.9 Å². The Morgan fingerprint density at radius 1 is 0.982 bits per heavy atom. The average molecular weight is 829 g/mol. The highest BCUT2D eigenvalue weighted by molar-refractivity contribution is 6.30. The maximum Gasteiger partial charge on any atom is 0.344 e. The first kappa shape index (κ1) is 49.4. The third-order valence-electron chi connectivity index (χ3n) is 8.20. The molecule has 1 aliphatic heterocycles. The molecule has 1 saturated heterocycles. The van der Waals surface area contributed by atoms with Crippen molar-refractivity contribution in [2.45, 2.75) is 91.1 Å². The second kappa shape index (κ2) is 25.5. The van der Waals surface area contributed by atoms with E-state index in [4.69, 9.17) is 35.3 Å². The van der Waals surface area contributed by atoms with E-state index in [0.29, 0.717) is 43.2 Å². The summed E-state index contributed by atoms with van der Waals surface area (Å²) < 4.78 is 27.1. The number of phenols is 1. The van der Waals surface area contributed by atoms with E-state index >= 15 is 0 Å². The van der Waals surface area contributed by atoms with Gasteiger partial charge in [-0.25, -0.2) is 9.59 Å². The van der Waals surface area contributed by atoms with Gasteiger partial charge in [0.25, 0.3) is 5.91 Å². The molecule has 2 amide bonds. The number of carbonyl (C=O) groups is 6. The van der Waals surface area contributed by atoms with E-state index in [0.717, 1.165) is 12.8 Å². The number of carbonyl (C=O) groups excluding carboxylic acids is 6. The summed E-state index contributed by atoms with van der Waals surface area (Å²) in [5, 5.41) is 15.7. The van der Waals surface area contributed by atoms with Crippen molar-refractivity contribution < 1.29 is 57.6 Å². The Kier molecular flexibility index (Phi) is 22.5. The van der Waals surface area contributed by atoms with Crippen LogP contribution in [0.3, 0.4) is 0 Å². The summed E-state index contributed by atoms with van der Waals surface area (Å²) in [5.74, 6) is -4.05. The maximum atomic E-state index is 13.3. The van der Waals surface area contributed by atoms with Crippen LogP contribution < -0.4 is 15.4 Å². The van der Waals surface area contributed by atoms with Crippen molar-refractivity contribution in [3.63, 3.8) is 0 Å². The number of cyclic esters (lactones) is 2. The van der Waals surface area contributed by atoms with Crippen LogP contribution in [0.25, 0.3) is 0 Å². The maximum absolute atomic E-state index is 13.3. The van der Waals surface area contributed by atoms with Gasteiger partial charge in [-0.05, 0) is 76.7 Å². The highest BCUT2D eigenvalue weighted by Crippen LogP contribution is 2.29. The fourth-order valence-corrected chi connectivity index (χ4v) is 5.41. The Hall–Kier alpha value is -4.60. The second-order valence-corrected chi connectivity index (χ2v) is 14.1. The molecule has 56 heavy (non-hydrogen) atoms. The number of likely N-dealkylation sites (N-methyl/N-ethyl adjacent to an activating group) is 1. The second-order valence-electron chi connectivity index (χ2n) is 13.6. The summed E-state index contributed by atoms with van der Waals surface area (Å²) >= 11 is 5.72. The summed E-state index contributed by atoms with van der Waals surface area (Å²) in [6.07, 6.45) is 0.0639. The number of aromatic hydroxyl groups is 1. The Balaban J connectivity index is 0.000000729. The fourth-order valence-electron chi connectivity index (χ4n) is 5.28. The predicted octanol–water partition coefficient (Wildman–Crippen LogP) is 5.34. The quantitative estimate of drug-likeness (QED) is 0.0609. The molecule has 0 radical (unpaired) electrons. The number of nitrogens with one attached hydrogen (secondary N) is 2. The third-order valence-corrected chi connectivity index (χ3v) is 8.46. The van der Waals surface area contributed by atoms with Crippen LogP contribution in [-0.4, -0.2) is 104 Å². The lowest BCUT2D eigenvalue weighted by molar-refractivity contribution is -0.175. The van der Waals surface area contributed by atoms with E-state index in [1.165, 1.54) is 32.0 Å². The number of rotatable bonds is 17. The predicted molar refractivity (Wildman–Crippen MR) is 211 cm³/mol. The van der Waals surface area contributed by atoms with Gasteiger partial charge in [0.1, 0.15) is 24.6 Å². The molecule has 17 heteroatoms. The highest BCUT2D eigenvalue weighted by Gasteiger charge is 2.44. The van der Waals surface area contributed by atoms with Crippen molar-refractivity contribution in [2.75, 3.05) is 39.2 Å². The fraction of sp³-hybridized carbons (Fsp3) is 0.538. The Morgan fingerprint density at radius 3 is 2.25 bits per heavy atom. The first-order valence-corrected chi connectivity index (χ1v) is 18.6. The van der Waals surface area contributed by atoms with Crippen LogP contribution in [0.4, 0.5) is 5.69 Å². The van der Waals surface area contributed by atoms with Crippen molar-refractivity contribution in [1.29, 1.82) is 0 Å². The molecule has 0 saturated carbocycles. The van der Waals surface area contributed by atoms with Crippen LogP contribution in [0.2, 0.25) is 5.02 Å². The van der Waals surface area contributed by atoms with Gasteiger partial charge >= 0.3 is 23.9 Å².